The van der Waals surface area contributed by atoms with E-state index < -0.39 is 18.0 Å². The Morgan fingerprint density at radius 1 is 1.50 bits per heavy atom. The van der Waals surface area contributed by atoms with Crippen LogP contribution in [-0.4, -0.2) is 69.5 Å². The van der Waals surface area contributed by atoms with Crippen LogP contribution in [0.15, 0.2) is 11.3 Å². The molecule has 0 aromatic carbocycles. The smallest absolute Gasteiger partial charge is 0.352 e. The molecule has 3 aliphatic rings. The van der Waals surface area contributed by atoms with Gasteiger partial charge >= 0.3 is 5.97 Å². The van der Waals surface area contributed by atoms with E-state index in [-0.39, 0.29) is 35.3 Å². The van der Waals surface area contributed by atoms with Crippen molar-refractivity contribution in [1.82, 2.24) is 9.80 Å². The average Bonchev–Trinajstić information content (AvgIpc) is 3.03. The number of carbonyl (C=O) groups is 2. The van der Waals surface area contributed by atoms with Crippen molar-refractivity contribution in [3.05, 3.63) is 11.3 Å². The van der Waals surface area contributed by atoms with Gasteiger partial charge < -0.3 is 20.8 Å². The number of likely N-dealkylation sites (tertiary alicyclic amines) is 1. The Kier molecular flexibility index (Phi) is 4.13. The molecule has 8 heteroatoms. The highest BCUT2D eigenvalue weighted by Crippen LogP contribution is 2.47. The second kappa shape index (κ2) is 5.86. The number of carbonyl (C=O) groups excluding carboxylic acids is 1. The number of carboxylic acids is 1. The average molecular weight is 336 g/mol. The molecule has 0 radical (unpaired) electrons. The number of hydrogen-bond acceptors (Lipinski definition) is 5. The molecule has 2 saturated heterocycles. The van der Waals surface area contributed by atoms with Gasteiger partial charge in [-0.2, -0.15) is 0 Å². The van der Waals surface area contributed by atoms with Crippen molar-refractivity contribution in [3.63, 3.8) is 0 Å². The number of aliphatic hydroxyl groups is 1. The molecule has 0 spiro atoms. The third-order valence-electron chi connectivity index (χ3n) is 5.62. The maximum absolute atomic E-state index is 12.3. The van der Waals surface area contributed by atoms with E-state index in [0.717, 1.165) is 18.5 Å². The fourth-order valence-electron chi connectivity index (χ4n) is 4.32. The van der Waals surface area contributed by atoms with E-state index in [9.17, 15) is 19.8 Å². The van der Waals surface area contributed by atoms with Crippen LogP contribution >= 0.6 is 0 Å². The Morgan fingerprint density at radius 3 is 2.67 bits per heavy atom. The molecule has 2 unspecified atom stereocenters. The fraction of sp³-hybridized carbons (Fsp3) is 0.688. The van der Waals surface area contributed by atoms with E-state index in [1.54, 1.807) is 6.92 Å². The van der Waals surface area contributed by atoms with Gasteiger partial charge in [0.25, 0.3) is 0 Å². The van der Waals surface area contributed by atoms with E-state index in [2.05, 4.69) is 4.90 Å². The summed E-state index contributed by atoms with van der Waals surface area (Å²) in [6, 6.07) is -0.273. The monoisotopic (exact) mass is 336 g/mol. The molecular weight excluding hydrogens is 312 g/mol. The van der Waals surface area contributed by atoms with Crippen molar-refractivity contribution in [2.75, 3.05) is 19.6 Å². The van der Waals surface area contributed by atoms with Crippen LogP contribution in [0.1, 0.15) is 20.3 Å². The largest absolute Gasteiger partial charge is 0.477 e. The number of β-lactam (4-membered cyclic amide) rings is 1. The summed E-state index contributed by atoms with van der Waals surface area (Å²) in [5.41, 5.74) is 6.36. The lowest BCUT2D eigenvalue weighted by Gasteiger charge is -2.46. The number of carboxylic acid groups (broad SMARTS) is 1. The summed E-state index contributed by atoms with van der Waals surface area (Å²) in [6.45, 7) is 5.34. The highest BCUT2D eigenvalue weighted by Gasteiger charge is 2.59. The number of aliphatic carboxylic acids is 1. The van der Waals surface area contributed by atoms with Crippen molar-refractivity contribution >= 4 is 17.7 Å². The van der Waals surface area contributed by atoms with E-state index in [0.29, 0.717) is 13.1 Å². The summed E-state index contributed by atoms with van der Waals surface area (Å²) >= 11 is 0. The first-order valence-corrected chi connectivity index (χ1v) is 8.27. The SMILES string of the molecule is C[C@@H](O)C1C(=O)N2C(C(=O)O)=C(CN3CC[C@H](C(=N)N)C3)[C@H](C)C12. The maximum atomic E-state index is 12.3. The molecule has 0 aromatic rings. The van der Waals surface area contributed by atoms with Gasteiger partial charge in [0.15, 0.2) is 0 Å². The highest BCUT2D eigenvalue weighted by molar-refractivity contribution is 6.00. The first-order valence-electron chi connectivity index (χ1n) is 8.27. The van der Waals surface area contributed by atoms with E-state index in [1.165, 1.54) is 4.90 Å². The predicted octanol–water partition coefficient (Wildman–Crippen LogP) is -0.560. The number of amidine groups is 1. The van der Waals surface area contributed by atoms with E-state index in [1.807, 2.05) is 6.92 Å². The minimum Gasteiger partial charge on any atom is -0.477 e. The van der Waals surface area contributed by atoms with Gasteiger partial charge in [0.1, 0.15) is 5.70 Å². The van der Waals surface area contributed by atoms with Crippen LogP contribution < -0.4 is 5.73 Å². The Labute approximate surface area is 140 Å². The molecule has 5 N–H and O–H groups in total. The van der Waals surface area contributed by atoms with Gasteiger partial charge in [-0.25, -0.2) is 4.79 Å². The molecule has 0 saturated carbocycles. The standard InChI is InChI=1S/C16H24N4O4/c1-7-10(6-19-4-3-9(5-19)14(17)18)13(16(23)24)20-12(7)11(8(2)21)15(20)22/h7-9,11-12,21H,3-6H2,1-2H3,(H3,17,18)(H,23,24)/t7-,8+,9-,11?,12?/m0/s1. The van der Waals surface area contributed by atoms with Gasteiger partial charge in [0.2, 0.25) is 5.91 Å². The lowest BCUT2D eigenvalue weighted by Crippen LogP contribution is -2.63. The number of aliphatic hydroxyl groups excluding tert-OH is 1. The van der Waals surface area contributed by atoms with Crippen molar-refractivity contribution in [1.29, 1.82) is 5.41 Å². The Balaban J connectivity index is 1.83. The molecular formula is C16H24N4O4. The molecule has 0 aromatic heterocycles. The second-order valence-corrected chi connectivity index (χ2v) is 7.11. The minimum absolute atomic E-state index is 0.0134. The van der Waals surface area contributed by atoms with Crippen molar-refractivity contribution in [2.24, 2.45) is 23.5 Å². The summed E-state index contributed by atoms with van der Waals surface area (Å²) in [7, 11) is 0. The van der Waals surface area contributed by atoms with Gasteiger partial charge in [-0.3, -0.25) is 15.1 Å². The minimum atomic E-state index is -1.10. The van der Waals surface area contributed by atoms with Gasteiger partial charge in [-0.1, -0.05) is 6.92 Å². The summed E-state index contributed by atoms with van der Waals surface area (Å²) in [6.07, 6.45) is 0.00590. The Bertz CT molecular complexity index is 630. The third-order valence-corrected chi connectivity index (χ3v) is 5.62. The lowest BCUT2D eigenvalue weighted by molar-refractivity contribution is -0.163. The first-order chi connectivity index (χ1) is 11.2. The molecule has 0 aliphatic carbocycles. The second-order valence-electron chi connectivity index (χ2n) is 7.11. The number of nitrogens with two attached hydrogens (primary N) is 1. The van der Waals surface area contributed by atoms with Crippen LogP contribution in [0, 0.1) is 23.2 Å². The van der Waals surface area contributed by atoms with Gasteiger partial charge in [0, 0.05) is 24.9 Å². The molecule has 1 amide bonds. The number of nitrogens with zero attached hydrogens (tertiary/aromatic N) is 2. The van der Waals surface area contributed by atoms with Crippen molar-refractivity contribution < 1.29 is 19.8 Å². The van der Waals surface area contributed by atoms with Crippen LogP contribution in [0.2, 0.25) is 0 Å². The van der Waals surface area contributed by atoms with E-state index >= 15 is 0 Å². The molecule has 24 heavy (non-hydrogen) atoms. The number of hydrogen-bond donors (Lipinski definition) is 4. The molecule has 3 aliphatic heterocycles. The van der Waals surface area contributed by atoms with Crippen LogP contribution in [-0.2, 0) is 9.59 Å². The van der Waals surface area contributed by atoms with Crippen LogP contribution in [0.3, 0.4) is 0 Å². The van der Waals surface area contributed by atoms with Gasteiger partial charge in [-0.05, 0) is 25.5 Å². The molecule has 8 nitrogen and oxygen atoms in total. The van der Waals surface area contributed by atoms with Gasteiger partial charge in [0.05, 0.1) is 23.9 Å². The van der Waals surface area contributed by atoms with Crippen molar-refractivity contribution in [3.8, 4) is 0 Å². The quantitative estimate of drug-likeness (QED) is 0.302. The topological polar surface area (TPSA) is 131 Å². The van der Waals surface area contributed by atoms with Crippen LogP contribution in [0.4, 0.5) is 0 Å². The normalized spacial score (nSPS) is 34.3. The molecule has 0 bridgehead atoms. The Morgan fingerprint density at radius 2 is 2.17 bits per heavy atom. The number of rotatable bonds is 5. The highest BCUT2D eigenvalue weighted by atomic mass is 16.4. The van der Waals surface area contributed by atoms with E-state index in [4.69, 9.17) is 11.1 Å². The number of nitrogens with one attached hydrogen (secondary N) is 1. The molecule has 132 valence electrons. The molecule has 2 fully saturated rings. The van der Waals surface area contributed by atoms with Crippen molar-refractivity contribution in [2.45, 2.75) is 32.4 Å². The zero-order valence-corrected chi connectivity index (χ0v) is 13.9. The zero-order valence-electron chi connectivity index (χ0n) is 13.9. The number of amides is 1. The van der Waals surface area contributed by atoms with Crippen LogP contribution in [0.25, 0.3) is 0 Å². The fourth-order valence-corrected chi connectivity index (χ4v) is 4.32. The third kappa shape index (κ3) is 2.41. The lowest BCUT2D eigenvalue weighted by atomic mass is 9.77. The van der Waals surface area contributed by atoms with Gasteiger partial charge in [-0.15, -0.1) is 0 Å². The van der Waals surface area contributed by atoms with Crippen LogP contribution in [0.5, 0.6) is 0 Å². The predicted molar refractivity (Wildman–Crippen MR) is 86.1 cm³/mol. The molecule has 5 atom stereocenters. The molecule has 3 heterocycles. The summed E-state index contributed by atoms with van der Waals surface area (Å²) < 4.78 is 0. The zero-order chi connectivity index (χ0) is 17.8. The summed E-state index contributed by atoms with van der Waals surface area (Å²) in [4.78, 5) is 27.4. The Hall–Kier alpha value is -1.93. The summed E-state index contributed by atoms with van der Waals surface area (Å²) in [5, 5.41) is 27.0. The summed E-state index contributed by atoms with van der Waals surface area (Å²) in [5.74, 6) is -1.87. The molecule has 3 rings (SSSR count). The number of fused-ring (bicyclic) bond motifs is 1. The maximum Gasteiger partial charge on any atom is 0.352 e. The first kappa shape index (κ1) is 16.9.